The molecule has 4 heteroatoms. The summed E-state index contributed by atoms with van der Waals surface area (Å²) in [4.78, 5) is 11.3. The van der Waals surface area contributed by atoms with Gasteiger partial charge in [0.15, 0.2) is 7.05 Å². The highest BCUT2D eigenvalue weighted by Crippen LogP contribution is 2.38. The molecule has 0 saturated heterocycles. The summed E-state index contributed by atoms with van der Waals surface area (Å²) in [5, 5.41) is 4.15. The van der Waals surface area contributed by atoms with Crippen LogP contribution < -0.4 is 0 Å². The number of rotatable bonds is 1. The Bertz CT molecular complexity index is 318. The Kier molecular flexibility index (Phi) is 1.90. The highest BCUT2D eigenvalue weighted by molar-refractivity contribution is 5.89. The topological polar surface area (TPSA) is 41.7 Å². The van der Waals surface area contributed by atoms with Crippen molar-refractivity contribution in [2.24, 2.45) is 5.11 Å². The maximum atomic E-state index is 11.3. The average molecular weight is 180 g/mol. The second-order valence-electron chi connectivity index (χ2n) is 3.24. The zero-order chi connectivity index (χ0) is 9.42. The van der Waals surface area contributed by atoms with Gasteiger partial charge >= 0.3 is 5.97 Å². The van der Waals surface area contributed by atoms with E-state index < -0.39 is 0 Å². The van der Waals surface area contributed by atoms with Crippen LogP contribution in [0, 0.1) is 6.04 Å². The number of esters is 1. The fourth-order valence-corrected chi connectivity index (χ4v) is 1.87. The third kappa shape index (κ3) is 1.17. The van der Waals surface area contributed by atoms with Gasteiger partial charge in [0.05, 0.1) is 7.11 Å². The van der Waals surface area contributed by atoms with E-state index in [0.717, 1.165) is 24.8 Å². The van der Waals surface area contributed by atoms with E-state index in [1.165, 1.54) is 12.8 Å². The molecule has 1 aliphatic carbocycles. The van der Waals surface area contributed by atoms with Crippen LogP contribution in [0.3, 0.4) is 0 Å². The molecule has 0 aromatic carbocycles. The molecule has 0 spiro atoms. The maximum Gasteiger partial charge on any atom is 0.348 e. The third-order valence-corrected chi connectivity index (χ3v) is 2.49. The van der Waals surface area contributed by atoms with Crippen LogP contribution in [0.5, 0.6) is 0 Å². The van der Waals surface area contributed by atoms with Crippen LogP contribution >= 0.6 is 0 Å². The molecule has 0 fully saturated rings. The Hall–Kier alpha value is -1.19. The number of carbonyl (C=O) groups is 1. The molecule has 4 nitrogen and oxygen atoms in total. The van der Waals surface area contributed by atoms with Crippen molar-refractivity contribution in [2.75, 3.05) is 14.2 Å². The maximum absolute atomic E-state index is 11.3. The Labute approximate surface area is 76.9 Å². The first-order valence-corrected chi connectivity index (χ1v) is 4.37. The molecule has 0 aromatic rings. The van der Waals surface area contributed by atoms with Gasteiger partial charge in [-0.15, -0.1) is 0 Å². The van der Waals surface area contributed by atoms with E-state index in [4.69, 9.17) is 0 Å². The smallest absolute Gasteiger partial charge is 0.348 e. The van der Waals surface area contributed by atoms with Crippen molar-refractivity contribution in [3.63, 3.8) is 0 Å². The van der Waals surface area contributed by atoms with Crippen molar-refractivity contribution >= 4 is 5.97 Å². The predicted octanol–water partition coefficient (Wildman–Crippen LogP) is 1.24. The average Bonchev–Trinajstić information content (AvgIpc) is 2.68. The molecule has 2 rings (SSSR count). The van der Waals surface area contributed by atoms with Crippen LogP contribution in [0.4, 0.5) is 0 Å². The quantitative estimate of drug-likeness (QED) is 0.450. The second-order valence-corrected chi connectivity index (χ2v) is 3.24. The molecule has 0 saturated carbocycles. The Morgan fingerprint density at radius 3 is 3.00 bits per heavy atom. The highest BCUT2D eigenvalue weighted by Gasteiger charge is 2.42. The summed E-state index contributed by atoms with van der Waals surface area (Å²) in [5.74, 6) is -0.321. The molecule has 0 atom stereocenters. The minimum Gasteiger partial charge on any atom is -0.467 e. The van der Waals surface area contributed by atoms with Gasteiger partial charge in [-0.3, -0.25) is 0 Å². The molecule has 69 valence electrons. The zero-order valence-electron chi connectivity index (χ0n) is 7.83. The molecule has 0 N–H and O–H groups in total. The Morgan fingerprint density at radius 2 is 2.31 bits per heavy atom. The summed E-state index contributed by atoms with van der Waals surface area (Å²) >= 11 is 0. The van der Waals surface area contributed by atoms with Crippen molar-refractivity contribution in [3.8, 4) is 0 Å². The third-order valence-electron chi connectivity index (χ3n) is 2.49. The highest BCUT2D eigenvalue weighted by atomic mass is 16.5. The van der Waals surface area contributed by atoms with Crippen molar-refractivity contribution in [1.29, 1.82) is 0 Å². The summed E-state index contributed by atoms with van der Waals surface area (Å²) in [5.41, 5.74) is 2.26. The molecular formula is C9H12N2O2+. The fraction of sp³-hybridized carbons (Fsp3) is 0.556. The van der Waals surface area contributed by atoms with E-state index in [9.17, 15) is 4.79 Å². The first kappa shape index (κ1) is 8.41. The first-order valence-electron chi connectivity index (χ1n) is 4.37. The van der Waals surface area contributed by atoms with Gasteiger partial charge in [-0.1, -0.05) is 4.70 Å². The Morgan fingerprint density at radius 1 is 1.54 bits per heavy atom. The van der Waals surface area contributed by atoms with E-state index in [1.807, 2.05) is 7.05 Å². The zero-order valence-corrected chi connectivity index (χ0v) is 7.83. The molecule has 2 aliphatic rings. The van der Waals surface area contributed by atoms with Crippen LogP contribution in [-0.4, -0.2) is 24.8 Å². The van der Waals surface area contributed by atoms with Crippen molar-refractivity contribution in [1.82, 2.24) is 0 Å². The molecule has 0 unspecified atom stereocenters. The fourth-order valence-electron chi connectivity index (χ4n) is 1.87. The molecule has 13 heavy (non-hydrogen) atoms. The number of hydrogen-bond acceptors (Lipinski definition) is 3. The number of azo groups is 2. The molecular weight excluding hydrogens is 168 g/mol. The second kappa shape index (κ2) is 2.94. The van der Waals surface area contributed by atoms with Gasteiger partial charge in [0, 0.05) is 12.0 Å². The van der Waals surface area contributed by atoms with Crippen molar-refractivity contribution < 1.29 is 14.2 Å². The molecule has 0 aromatic heterocycles. The van der Waals surface area contributed by atoms with Crippen LogP contribution in [-0.2, 0) is 9.53 Å². The molecule has 1 radical (unpaired) electrons. The monoisotopic (exact) mass is 180 g/mol. The van der Waals surface area contributed by atoms with Crippen molar-refractivity contribution in [3.05, 3.63) is 17.3 Å². The van der Waals surface area contributed by atoms with E-state index in [1.54, 1.807) is 4.70 Å². The number of hydrogen-bond donors (Lipinski definition) is 0. The standard InChI is InChI=1S/C9H12N2O2/c1-11-7-5-3-4-6(7)8(10-11)9(12)13-2/h3-5H2,1-2H3/q+1. The lowest BCUT2D eigenvalue weighted by Crippen LogP contribution is -2.12. The van der Waals surface area contributed by atoms with Crippen LogP contribution in [0.2, 0.25) is 0 Å². The van der Waals surface area contributed by atoms with Gasteiger partial charge in [-0.05, 0) is 18.0 Å². The largest absolute Gasteiger partial charge is 0.467 e. The minimum absolute atomic E-state index is 0.321. The Balaban J connectivity index is 2.29. The van der Waals surface area contributed by atoms with E-state index in [2.05, 4.69) is 9.85 Å². The number of ether oxygens (including phenoxy) is 1. The normalized spacial score (nSPS) is 21.8. The van der Waals surface area contributed by atoms with Gasteiger partial charge in [-0.2, -0.15) is 0 Å². The summed E-state index contributed by atoms with van der Waals surface area (Å²) in [6, 6.07) is 0.498. The van der Waals surface area contributed by atoms with Gasteiger partial charge in [-0.25, -0.2) is 4.79 Å². The van der Waals surface area contributed by atoms with Crippen LogP contribution in [0.15, 0.2) is 16.4 Å². The lowest BCUT2D eigenvalue weighted by Gasteiger charge is -2.00. The van der Waals surface area contributed by atoms with Crippen LogP contribution in [0.1, 0.15) is 19.3 Å². The molecule has 0 amide bonds. The summed E-state index contributed by atoms with van der Waals surface area (Å²) < 4.78 is 6.45. The number of methoxy groups -OCH3 is 1. The van der Waals surface area contributed by atoms with E-state index in [0.29, 0.717) is 6.04 Å². The number of allylic oxidation sites excluding steroid dienone is 1. The lowest BCUT2D eigenvalue weighted by molar-refractivity contribution is -0.511. The van der Waals surface area contributed by atoms with Crippen molar-refractivity contribution in [2.45, 2.75) is 19.3 Å². The van der Waals surface area contributed by atoms with Gasteiger partial charge in [0.2, 0.25) is 5.70 Å². The SMILES string of the molecule is COC(=O)[C]1N=[N+](C)C2=C1CCC2. The summed E-state index contributed by atoms with van der Waals surface area (Å²) in [6.07, 6.45) is 3.09. The van der Waals surface area contributed by atoms with E-state index in [-0.39, 0.29) is 5.97 Å². The minimum atomic E-state index is -0.321. The number of nitrogens with zero attached hydrogens (tertiary/aromatic N) is 2. The molecule has 1 aliphatic heterocycles. The molecule has 1 heterocycles. The first-order chi connectivity index (χ1) is 6.24. The van der Waals surface area contributed by atoms with Gasteiger partial charge < -0.3 is 4.74 Å². The molecule has 0 bridgehead atoms. The lowest BCUT2D eigenvalue weighted by atomic mass is 10.1. The summed E-state index contributed by atoms with van der Waals surface area (Å²) in [7, 11) is 3.26. The van der Waals surface area contributed by atoms with Gasteiger partial charge in [0.25, 0.3) is 6.04 Å². The predicted molar refractivity (Wildman–Crippen MR) is 44.7 cm³/mol. The number of carbonyl (C=O) groups excluding carboxylic acids is 1. The van der Waals surface area contributed by atoms with E-state index >= 15 is 0 Å². The van der Waals surface area contributed by atoms with Crippen LogP contribution in [0.25, 0.3) is 0 Å². The summed E-state index contributed by atoms with van der Waals surface area (Å²) in [6.45, 7) is 0. The van der Waals surface area contributed by atoms with Gasteiger partial charge in [0.1, 0.15) is 0 Å².